The molecule has 0 aliphatic rings. The van der Waals surface area contributed by atoms with Crippen molar-refractivity contribution < 1.29 is 23.8 Å². The Balaban J connectivity index is 1.85. The monoisotopic (exact) mass is 417 g/mol. The summed E-state index contributed by atoms with van der Waals surface area (Å²) in [4.78, 5) is 24.6. The summed E-state index contributed by atoms with van der Waals surface area (Å²) in [5.41, 5.74) is 5.60. The Morgan fingerprint density at radius 2 is 1.79 bits per heavy atom. The molecule has 29 heavy (non-hydrogen) atoms. The van der Waals surface area contributed by atoms with Crippen LogP contribution < -0.4 is 25.6 Å². The fourth-order valence-electron chi connectivity index (χ4n) is 2.31. The average Bonchev–Trinajstić information content (AvgIpc) is 2.75. The first-order valence-electron chi connectivity index (χ1n) is 8.90. The van der Waals surface area contributed by atoms with Crippen LogP contribution in [0.2, 0.25) is 0 Å². The second kappa shape index (κ2) is 11.6. The molecule has 0 aliphatic heterocycles. The molecule has 0 atom stereocenters. The van der Waals surface area contributed by atoms with Crippen LogP contribution in [-0.2, 0) is 4.74 Å². The second-order valence-corrected chi connectivity index (χ2v) is 6.04. The lowest BCUT2D eigenvalue weighted by atomic mass is 10.2. The zero-order chi connectivity index (χ0) is 21.1. The second-order valence-electron chi connectivity index (χ2n) is 5.64. The van der Waals surface area contributed by atoms with Crippen LogP contribution >= 0.6 is 12.2 Å². The molecule has 0 bridgehead atoms. The number of ether oxygens (including phenoxy) is 3. The van der Waals surface area contributed by atoms with Gasteiger partial charge in [0.15, 0.2) is 5.11 Å². The highest BCUT2D eigenvalue weighted by Crippen LogP contribution is 2.16. The normalized spacial score (nSPS) is 10.0. The molecule has 0 saturated heterocycles. The SMILES string of the molecule is CCOCCOc1cccc(C(=O)NC(=S)NNC(=O)c2ccccc2OC)c1. The first kappa shape index (κ1) is 22.1. The zero-order valence-electron chi connectivity index (χ0n) is 16.2. The molecule has 0 aromatic heterocycles. The summed E-state index contributed by atoms with van der Waals surface area (Å²) in [5.74, 6) is 0.0663. The predicted molar refractivity (Wildman–Crippen MR) is 112 cm³/mol. The van der Waals surface area contributed by atoms with Crippen LogP contribution in [0.1, 0.15) is 27.6 Å². The smallest absolute Gasteiger partial charge is 0.273 e. The lowest BCUT2D eigenvalue weighted by Crippen LogP contribution is -2.48. The molecule has 2 rings (SSSR count). The Morgan fingerprint density at radius 3 is 2.55 bits per heavy atom. The number of carbonyl (C=O) groups excluding carboxylic acids is 2. The van der Waals surface area contributed by atoms with Gasteiger partial charge in [0.05, 0.1) is 19.3 Å². The van der Waals surface area contributed by atoms with Crippen molar-refractivity contribution in [2.45, 2.75) is 6.92 Å². The fourth-order valence-corrected chi connectivity index (χ4v) is 2.45. The summed E-state index contributed by atoms with van der Waals surface area (Å²) in [6.07, 6.45) is 0. The minimum atomic E-state index is -0.455. The highest BCUT2D eigenvalue weighted by atomic mass is 32.1. The molecule has 0 unspecified atom stereocenters. The Morgan fingerprint density at radius 1 is 1.00 bits per heavy atom. The van der Waals surface area contributed by atoms with Crippen LogP contribution in [0.5, 0.6) is 11.5 Å². The number of hydrogen-bond acceptors (Lipinski definition) is 6. The topological polar surface area (TPSA) is 97.9 Å². The third-order valence-electron chi connectivity index (χ3n) is 3.66. The van der Waals surface area contributed by atoms with Gasteiger partial charge in [0.25, 0.3) is 11.8 Å². The van der Waals surface area contributed by atoms with Crippen molar-refractivity contribution in [2.24, 2.45) is 0 Å². The van der Waals surface area contributed by atoms with Crippen molar-refractivity contribution in [2.75, 3.05) is 26.9 Å². The van der Waals surface area contributed by atoms with E-state index in [0.717, 1.165) is 0 Å². The van der Waals surface area contributed by atoms with Gasteiger partial charge in [-0.25, -0.2) is 0 Å². The molecule has 154 valence electrons. The summed E-state index contributed by atoms with van der Waals surface area (Å²) < 4.78 is 15.9. The fraction of sp³-hybridized carbons (Fsp3) is 0.250. The molecule has 0 aliphatic carbocycles. The van der Waals surface area contributed by atoms with Crippen molar-refractivity contribution in [3.8, 4) is 11.5 Å². The van der Waals surface area contributed by atoms with E-state index in [-0.39, 0.29) is 5.11 Å². The molecule has 3 N–H and O–H groups in total. The first-order chi connectivity index (χ1) is 14.0. The molecule has 0 fully saturated rings. The number of hydrazine groups is 1. The number of rotatable bonds is 8. The van der Waals surface area contributed by atoms with Gasteiger partial charge in [-0.05, 0) is 49.5 Å². The maximum Gasteiger partial charge on any atom is 0.273 e. The third-order valence-corrected chi connectivity index (χ3v) is 3.87. The number of methoxy groups -OCH3 is 1. The summed E-state index contributed by atoms with van der Waals surface area (Å²) in [7, 11) is 1.47. The maximum absolute atomic E-state index is 12.3. The highest BCUT2D eigenvalue weighted by Gasteiger charge is 2.13. The van der Waals surface area contributed by atoms with E-state index in [9.17, 15) is 9.59 Å². The van der Waals surface area contributed by atoms with Gasteiger partial charge >= 0.3 is 0 Å². The van der Waals surface area contributed by atoms with Crippen molar-refractivity contribution >= 4 is 29.1 Å². The van der Waals surface area contributed by atoms with Gasteiger partial charge in [0.2, 0.25) is 0 Å². The van der Waals surface area contributed by atoms with E-state index in [1.807, 2.05) is 6.92 Å². The molecule has 2 aromatic rings. The van der Waals surface area contributed by atoms with Crippen LogP contribution in [0.25, 0.3) is 0 Å². The van der Waals surface area contributed by atoms with Crippen LogP contribution in [0, 0.1) is 0 Å². The quantitative estimate of drug-likeness (QED) is 0.344. The molecule has 2 amide bonds. The van der Waals surface area contributed by atoms with Crippen LogP contribution in [-0.4, -0.2) is 43.9 Å². The molecule has 2 aromatic carbocycles. The summed E-state index contributed by atoms with van der Waals surface area (Å²) in [6.45, 7) is 3.37. The largest absolute Gasteiger partial charge is 0.496 e. The number of thiocarbonyl (C=S) groups is 1. The number of benzene rings is 2. The lowest BCUT2D eigenvalue weighted by molar-refractivity contribution is 0.0931. The van der Waals surface area contributed by atoms with E-state index >= 15 is 0 Å². The molecule has 0 heterocycles. The number of amides is 2. The molecular formula is C20H23N3O5S. The van der Waals surface area contributed by atoms with E-state index < -0.39 is 11.8 Å². The van der Waals surface area contributed by atoms with Gasteiger partial charge in [-0.1, -0.05) is 18.2 Å². The van der Waals surface area contributed by atoms with Gasteiger partial charge in [-0.3, -0.25) is 25.8 Å². The molecule has 9 heteroatoms. The summed E-state index contributed by atoms with van der Waals surface area (Å²) in [5, 5.41) is 2.44. The van der Waals surface area contributed by atoms with Gasteiger partial charge < -0.3 is 14.2 Å². The van der Waals surface area contributed by atoms with Crippen molar-refractivity contribution in [3.63, 3.8) is 0 Å². The average molecular weight is 417 g/mol. The Bertz CT molecular complexity index is 860. The minimum Gasteiger partial charge on any atom is -0.496 e. The van der Waals surface area contributed by atoms with Gasteiger partial charge in [-0.2, -0.15) is 0 Å². The van der Waals surface area contributed by atoms with Crippen molar-refractivity contribution in [1.82, 2.24) is 16.2 Å². The van der Waals surface area contributed by atoms with E-state index in [1.54, 1.807) is 48.5 Å². The van der Waals surface area contributed by atoms with E-state index in [1.165, 1.54) is 7.11 Å². The third kappa shape index (κ3) is 7.05. The first-order valence-corrected chi connectivity index (χ1v) is 9.31. The maximum atomic E-state index is 12.3. The van der Waals surface area contributed by atoms with Crippen molar-refractivity contribution in [1.29, 1.82) is 0 Å². The number of carbonyl (C=O) groups is 2. The predicted octanol–water partition coefficient (Wildman–Crippen LogP) is 2.06. The Hall–Kier alpha value is -3.17. The van der Waals surface area contributed by atoms with Gasteiger partial charge in [0, 0.05) is 12.2 Å². The molecule has 0 saturated carbocycles. The Kier molecular flexibility index (Phi) is 8.87. The van der Waals surface area contributed by atoms with E-state index in [2.05, 4.69) is 16.2 Å². The molecule has 8 nitrogen and oxygen atoms in total. The van der Waals surface area contributed by atoms with Gasteiger partial charge in [0.1, 0.15) is 18.1 Å². The molecule has 0 spiro atoms. The van der Waals surface area contributed by atoms with Crippen LogP contribution in [0.15, 0.2) is 48.5 Å². The summed E-state index contributed by atoms with van der Waals surface area (Å²) >= 11 is 5.05. The number of hydrogen-bond donors (Lipinski definition) is 3. The highest BCUT2D eigenvalue weighted by molar-refractivity contribution is 7.80. The molecule has 0 radical (unpaired) electrons. The number of nitrogens with one attached hydrogen (secondary N) is 3. The lowest BCUT2D eigenvalue weighted by Gasteiger charge is -2.13. The van der Waals surface area contributed by atoms with Crippen molar-refractivity contribution in [3.05, 3.63) is 59.7 Å². The standard InChI is InChI=1S/C20H23N3O5S/c1-3-27-11-12-28-15-8-6-7-14(13-15)18(24)21-20(29)23-22-19(25)16-9-4-5-10-17(16)26-2/h4-10,13H,3,11-12H2,1-2H3,(H,22,25)(H2,21,23,24,29). The number of para-hydroxylation sites is 1. The van der Waals surface area contributed by atoms with Gasteiger partial charge in [-0.15, -0.1) is 0 Å². The minimum absolute atomic E-state index is 0.0547. The zero-order valence-corrected chi connectivity index (χ0v) is 17.0. The Labute approximate surface area is 174 Å². The summed E-state index contributed by atoms with van der Waals surface area (Å²) in [6, 6.07) is 13.4. The van der Waals surface area contributed by atoms with E-state index in [4.69, 9.17) is 26.4 Å². The molecular weight excluding hydrogens is 394 g/mol. The van der Waals surface area contributed by atoms with E-state index in [0.29, 0.717) is 42.4 Å². The van der Waals surface area contributed by atoms with Crippen LogP contribution in [0.3, 0.4) is 0 Å². The van der Waals surface area contributed by atoms with Crippen LogP contribution in [0.4, 0.5) is 0 Å².